The van der Waals surface area contributed by atoms with E-state index in [0.29, 0.717) is 16.7 Å². The highest BCUT2D eigenvalue weighted by Gasteiger charge is 2.12. The summed E-state index contributed by atoms with van der Waals surface area (Å²) in [5.41, 5.74) is 1.78. The van der Waals surface area contributed by atoms with E-state index in [0.717, 1.165) is 0 Å². The van der Waals surface area contributed by atoms with Crippen LogP contribution in [0.25, 0.3) is 11.1 Å². The van der Waals surface area contributed by atoms with Crippen LogP contribution in [0.2, 0.25) is 0 Å². The maximum atomic E-state index is 11.6. The molecule has 5 nitrogen and oxygen atoms in total. The second-order valence-electron chi connectivity index (χ2n) is 4.20. The van der Waals surface area contributed by atoms with Crippen molar-refractivity contribution in [1.29, 1.82) is 0 Å². The van der Waals surface area contributed by atoms with Gasteiger partial charge in [-0.25, -0.2) is 4.79 Å². The number of carboxylic acids is 1. The Morgan fingerprint density at radius 1 is 1.47 bits per heavy atom. The Morgan fingerprint density at radius 2 is 2.18 bits per heavy atom. The maximum Gasteiger partial charge on any atom is 0.420 e. The molecule has 0 saturated heterocycles. The van der Waals surface area contributed by atoms with E-state index in [2.05, 4.69) is 0 Å². The molecule has 2 rings (SSSR count). The summed E-state index contributed by atoms with van der Waals surface area (Å²) in [7, 11) is 0. The molecule has 0 bridgehead atoms. The zero-order valence-corrected chi connectivity index (χ0v) is 9.64. The van der Waals surface area contributed by atoms with Crippen molar-refractivity contribution in [1.82, 2.24) is 4.57 Å². The molecular weight excluding hydrogens is 222 g/mol. The number of benzene rings is 1. The molecule has 1 N–H and O–H groups in total. The van der Waals surface area contributed by atoms with Crippen LogP contribution in [0.15, 0.2) is 27.4 Å². The van der Waals surface area contributed by atoms with E-state index in [1.807, 2.05) is 13.8 Å². The monoisotopic (exact) mass is 235 g/mol. The molecule has 1 aromatic carbocycles. The van der Waals surface area contributed by atoms with Gasteiger partial charge in [0, 0.05) is 6.04 Å². The molecule has 2 aromatic rings. The minimum atomic E-state index is -0.897. The summed E-state index contributed by atoms with van der Waals surface area (Å²) in [5.74, 6) is -1.31. The molecule has 0 spiro atoms. The molecule has 0 atom stereocenters. The fourth-order valence-corrected chi connectivity index (χ4v) is 1.85. The minimum absolute atomic E-state index is 0.0242. The van der Waals surface area contributed by atoms with Crippen molar-refractivity contribution in [2.45, 2.75) is 26.3 Å². The van der Waals surface area contributed by atoms with Gasteiger partial charge >= 0.3 is 11.7 Å². The number of fused-ring (bicyclic) bond motifs is 1. The molecule has 1 heterocycles. The van der Waals surface area contributed by atoms with Crippen LogP contribution in [0.3, 0.4) is 0 Å². The topological polar surface area (TPSA) is 72.4 Å². The van der Waals surface area contributed by atoms with Gasteiger partial charge in [0.1, 0.15) is 0 Å². The lowest BCUT2D eigenvalue weighted by atomic mass is 10.1. The van der Waals surface area contributed by atoms with Crippen molar-refractivity contribution in [3.8, 4) is 0 Å². The highest BCUT2D eigenvalue weighted by molar-refractivity contribution is 5.77. The Hall–Kier alpha value is -2.04. The van der Waals surface area contributed by atoms with Gasteiger partial charge in [0.25, 0.3) is 0 Å². The van der Waals surface area contributed by atoms with E-state index < -0.39 is 11.7 Å². The molecule has 0 radical (unpaired) electrons. The predicted octanol–water partition coefficient (Wildman–Crippen LogP) is 1.80. The first-order valence-corrected chi connectivity index (χ1v) is 5.35. The predicted molar refractivity (Wildman–Crippen MR) is 62.2 cm³/mol. The maximum absolute atomic E-state index is 11.6. The van der Waals surface area contributed by atoms with Gasteiger partial charge in [0.05, 0.1) is 11.9 Å². The number of carboxylic acid groups (broad SMARTS) is 1. The first-order valence-electron chi connectivity index (χ1n) is 5.35. The zero-order chi connectivity index (χ0) is 12.6. The van der Waals surface area contributed by atoms with Crippen molar-refractivity contribution in [2.75, 3.05) is 0 Å². The van der Waals surface area contributed by atoms with Crippen LogP contribution in [-0.4, -0.2) is 15.6 Å². The number of rotatable bonds is 3. The van der Waals surface area contributed by atoms with Gasteiger partial charge in [-0.3, -0.25) is 9.36 Å². The van der Waals surface area contributed by atoms with Crippen LogP contribution >= 0.6 is 0 Å². The third-order valence-corrected chi connectivity index (χ3v) is 2.55. The van der Waals surface area contributed by atoms with E-state index in [1.54, 1.807) is 18.2 Å². The fraction of sp³-hybridized carbons (Fsp3) is 0.333. The molecule has 0 aliphatic carbocycles. The molecule has 17 heavy (non-hydrogen) atoms. The Labute approximate surface area is 97.3 Å². The van der Waals surface area contributed by atoms with Gasteiger partial charge in [0.2, 0.25) is 0 Å². The smallest absolute Gasteiger partial charge is 0.420 e. The Morgan fingerprint density at radius 3 is 2.76 bits per heavy atom. The van der Waals surface area contributed by atoms with Crippen LogP contribution in [-0.2, 0) is 11.2 Å². The molecule has 0 aliphatic heterocycles. The van der Waals surface area contributed by atoms with Crippen molar-refractivity contribution in [2.24, 2.45) is 0 Å². The van der Waals surface area contributed by atoms with Crippen molar-refractivity contribution in [3.05, 3.63) is 34.3 Å². The Balaban J connectivity index is 2.62. The third-order valence-electron chi connectivity index (χ3n) is 2.55. The molecule has 0 amide bonds. The van der Waals surface area contributed by atoms with Gasteiger partial charge in [-0.2, -0.15) is 0 Å². The molecule has 0 unspecified atom stereocenters. The van der Waals surface area contributed by atoms with E-state index >= 15 is 0 Å². The summed E-state index contributed by atoms with van der Waals surface area (Å²) in [6.07, 6.45) is -0.0621. The molecule has 1 aromatic heterocycles. The first kappa shape index (κ1) is 11.4. The largest absolute Gasteiger partial charge is 0.481 e. The average Bonchev–Trinajstić information content (AvgIpc) is 2.52. The van der Waals surface area contributed by atoms with Crippen molar-refractivity contribution in [3.63, 3.8) is 0 Å². The second-order valence-corrected chi connectivity index (χ2v) is 4.20. The number of nitrogens with zero attached hydrogens (tertiary/aromatic N) is 1. The van der Waals surface area contributed by atoms with Gasteiger partial charge in [-0.1, -0.05) is 6.07 Å². The van der Waals surface area contributed by atoms with Crippen LogP contribution in [0.1, 0.15) is 25.5 Å². The lowest BCUT2D eigenvalue weighted by Crippen LogP contribution is -2.16. The normalized spacial score (nSPS) is 11.2. The highest BCUT2D eigenvalue weighted by atomic mass is 16.4. The van der Waals surface area contributed by atoms with Gasteiger partial charge in [0.15, 0.2) is 5.58 Å². The van der Waals surface area contributed by atoms with Gasteiger partial charge in [-0.15, -0.1) is 0 Å². The van der Waals surface area contributed by atoms with Crippen molar-refractivity contribution >= 4 is 17.1 Å². The molecule has 0 fully saturated rings. The van der Waals surface area contributed by atoms with Crippen LogP contribution < -0.4 is 5.76 Å². The number of oxazole rings is 1. The summed E-state index contributed by atoms with van der Waals surface area (Å²) >= 11 is 0. The zero-order valence-electron chi connectivity index (χ0n) is 9.64. The molecule has 0 aliphatic rings. The number of hydrogen-bond acceptors (Lipinski definition) is 3. The molecule has 0 saturated carbocycles. The van der Waals surface area contributed by atoms with E-state index in [1.165, 1.54) is 4.57 Å². The summed E-state index contributed by atoms with van der Waals surface area (Å²) < 4.78 is 6.59. The Bertz CT molecular complexity index is 621. The van der Waals surface area contributed by atoms with Crippen LogP contribution in [0.5, 0.6) is 0 Å². The summed E-state index contributed by atoms with van der Waals surface area (Å²) in [6.45, 7) is 3.75. The molecular formula is C12H13NO4. The van der Waals surface area contributed by atoms with Gasteiger partial charge < -0.3 is 9.52 Å². The number of aromatic nitrogens is 1. The SMILES string of the molecule is CC(C)n1c(=O)oc2ccc(CC(=O)O)cc21. The lowest BCUT2D eigenvalue weighted by Gasteiger charge is -2.05. The number of aliphatic carboxylic acids is 1. The standard InChI is InChI=1S/C12H13NO4/c1-7(2)13-9-5-8(6-11(14)15)3-4-10(9)17-12(13)16/h3-5,7H,6H2,1-2H3,(H,14,15). The first-order chi connectivity index (χ1) is 7.99. The lowest BCUT2D eigenvalue weighted by molar-refractivity contribution is -0.136. The summed E-state index contributed by atoms with van der Waals surface area (Å²) in [5, 5.41) is 8.73. The quantitative estimate of drug-likeness (QED) is 0.880. The molecule has 90 valence electrons. The van der Waals surface area contributed by atoms with Crippen LogP contribution in [0, 0.1) is 0 Å². The second kappa shape index (κ2) is 4.08. The summed E-state index contributed by atoms with van der Waals surface area (Å²) in [6, 6.07) is 4.95. The molecule has 5 heteroatoms. The third kappa shape index (κ3) is 2.08. The van der Waals surface area contributed by atoms with E-state index in [4.69, 9.17) is 9.52 Å². The van der Waals surface area contributed by atoms with Crippen LogP contribution in [0.4, 0.5) is 0 Å². The summed E-state index contributed by atoms with van der Waals surface area (Å²) in [4.78, 5) is 22.2. The number of hydrogen-bond donors (Lipinski definition) is 1. The minimum Gasteiger partial charge on any atom is -0.481 e. The van der Waals surface area contributed by atoms with E-state index in [9.17, 15) is 9.59 Å². The fourth-order valence-electron chi connectivity index (χ4n) is 1.85. The van der Waals surface area contributed by atoms with Gasteiger partial charge in [-0.05, 0) is 31.5 Å². The number of carbonyl (C=O) groups is 1. The highest BCUT2D eigenvalue weighted by Crippen LogP contribution is 2.18. The van der Waals surface area contributed by atoms with E-state index in [-0.39, 0.29) is 12.5 Å². The Kier molecular flexibility index (Phi) is 2.75. The average molecular weight is 235 g/mol. The van der Waals surface area contributed by atoms with Crippen molar-refractivity contribution < 1.29 is 14.3 Å².